The highest BCUT2D eigenvalue weighted by Gasteiger charge is 2.14. The van der Waals surface area contributed by atoms with E-state index in [-0.39, 0.29) is 5.75 Å². The van der Waals surface area contributed by atoms with Gasteiger partial charge in [-0.05, 0) is 56.3 Å². The van der Waals surface area contributed by atoms with E-state index in [9.17, 15) is 5.11 Å². The van der Waals surface area contributed by atoms with E-state index in [1.165, 1.54) is 5.69 Å². The van der Waals surface area contributed by atoms with Crippen molar-refractivity contribution in [2.24, 2.45) is 4.99 Å². The van der Waals surface area contributed by atoms with Crippen LogP contribution in [-0.4, -0.2) is 56.1 Å². The average Bonchev–Trinajstić information content (AvgIpc) is 2.67. The molecule has 1 saturated heterocycles. The largest absolute Gasteiger partial charge is 0.507 e. The molecule has 144 valence electrons. The lowest BCUT2D eigenvalue weighted by Crippen LogP contribution is -2.44. The Kier molecular flexibility index (Phi) is 6.35. The molecule has 0 spiro atoms. The van der Waals surface area contributed by atoms with E-state index in [1.807, 2.05) is 12.1 Å². The van der Waals surface area contributed by atoms with Crippen LogP contribution in [0.1, 0.15) is 24.5 Å². The number of hydrogen-bond donors (Lipinski definition) is 1. The molecule has 3 rings (SSSR count). The Balaban J connectivity index is 1.70. The van der Waals surface area contributed by atoms with Crippen LogP contribution in [0.5, 0.6) is 11.5 Å². The molecule has 1 aliphatic heterocycles. The van der Waals surface area contributed by atoms with Crippen molar-refractivity contribution in [2.75, 3.05) is 44.7 Å². The summed E-state index contributed by atoms with van der Waals surface area (Å²) in [5.74, 6) is 0.860. The highest BCUT2D eigenvalue weighted by atomic mass is 16.5. The number of nitrogens with zero attached hydrogens (tertiary/aromatic N) is 3. The fraction of sp³-hybridized carbons (Fsp3) is 0.409. The van der Waals surface area contributed by atoms with Gasteiger partial charge in [-0.2, -0.15) is 0 Å². The first-order chi connectivity index (χ1) is 13.1. The van der Waals surface area contributed by atoms with Crippen LogP contribution >= 0.6 is 0 Å². The van der Waals surface area contributed by atoms with E-state index in [2.05, 4.69) is 53.9 Å². The van der Waals surface area contributed by atoms with Crippen LogP contribution in [0.15, 0.2) is 41.4 Å². The lowest BCUT2D eigenvalue weighted by atomic mass is 10.1. The van der Waals surface area contributed by atoms with E-state index in [4.69, 9.17) is 4.74 Å². The normalized spacial score (nSPS) is 15.4. The Morgan fingerprint density at radius 3 is 2.56 bits per heavy atom. The molecular weight excluding hydrogens is 338 g/mol. The van der Waals surface area contributed by atoms with Crippen LogP contribution in [-0.2, 0) is 0 Å². The third-order valence-electron chi connectivity index (χ3n) is 4.87. The third-order valence-corrected chi connectivity index (χ3v) is 4.87. The number of aromatic hydroxyl groups is 1. The molecule has 1 N–H and O–H groups in total. The Morgan fingerprint density at radius 1 is 1.11 bits per heavy atom. The summed E-state index contributed by atoms with van der Waals surface area (Å²) in [6.45, 7) is 9.07. The maximum absolute atomic E-state index is 10.2. The third kappa shape index (κ3) is 5.01. The minimum Gasteiger partial charge on any atom is -0.507 e. The standard InChI is InChI=1S/C22H29N3O2/c1-4-13-27-20-7-5-18(22(26)15-20)16-23-21-8-6-19(14-17(21)2)25-11-9-24(3)10-12-25/h5-8,14-16,26H,4,9-13H2,1-3H3. The van der Waals surface area contributed by atoms with Crippen molar-refractivity contribution in [2.45, 2.75) is 20.3 Å². The van der Waals surface area contributed by atoms with Gasteiger partial charge in [-0.3, -0.25) is 4.99 Å². The molecule has 0 amide bonds. The Bertz CT molecular complexity index is 796. The van der Waals surface area contributed by atoms with Crippen molar-refractivity contribution in [1.82, 2.24) is 4.90 Å². The molecule has 5 heteroatoms. The Hall–Kier alpha value is -2.53. The summed E-state index contributed by atoms with van der Waals surface area (Å²) in [5, 5.41) is 10.2. The molecule has 1 fully saturated rings. The number of piperazine rings is 1. The fourth-order valence-corrected chi connectivity index (χ4v) is 3.13. The molecule has 1 heterocycles. The second kappa shape index (κ2) is 8.91. The molecule has 0 bridgehead atoms. The van der Waals surface area contributed by atoms with Crippen LogP contribution in [0, 0.1) is 6.92 Å². The van der Waals surface area contributed by atoms with E-state index >= 15 is 0 Å². The van der Waals surface area contributed by atoms with E-state index < -0.39 is 0 Å². The van der Waals surface area contributed by atoms with Gasteiger partial charge in [-0.25, -0.2) is 0 Å². The average molecular weight is 367 g/mol. The predicted octanol–water partition coefficient (Wildman–Crippen LogP) is 3.99. The van der Waals surface area contributed by atoms with Crippen molar-refractivity contribution in [3.63, 3.8) is 0 Å². The first-order valence-electron chi connectivity index (χ1n) is 9.61. The minimum absolute atomic E-state index is 0.180. The first kappa shape index (κ1) is 19.2. The molecule has 0 aliphatic carbocycles. The quantitative estimate of drug-likeness (QED) is 0.784. The summed E-state index contributed by atoms with van der Waals surface area (Å²) in [7, 11) is 2.16. The maximum Gasteiger partial charge on any atom is 0.128 e. The van der Waals surface area contributed by atoms with Crippen LogP contribution in [0.2, 0.25) is 0 Å². The van der Waals surface area contributed by atoms with Crippen molar-refractivity contribution >= 4 is 17.6 Å². The topological polar surface area (TPSA) is 48.3 Å². The van der Waals surface area contributed by atoms with Gasteiger partial charge in [0.25, 0.3) is 0 Å². The van der Waals surface area contributed by atoms with Gasteiger partial charge >= 0.3 is 0 Å². The van der Waals surface area contributed by atoms with Crippen LogP contribution < -0.4 is 9.64 Å². The summed E-state index contributed by atoms with van der Waals surface area (Å²) in [6.07, 6.45) is 2.64. The number of phenols is 1. The van der Waals surface area contributed by atoms with E-state index in [0.29, 0.717) is 17.9 Å². The number of aryl methyl sites for hydroxylation is 1. The number of rotatable bonds is 6. The zero-order valence-corrected chi connectivity index (χ0v) is 16.5. The van der Waals surface area contributed by atoms with Crippen molar-refractivity contribution in [3.05, 3.63) is 47.5 Å². The number of hydrogen-bond acceptors (Lipinski definition) is 5. The first-order valence-corrected chi connectivity index (χ1v) is 9.61. The molecule has 0 aromatic heterocycles. The lowest BCUT2D eigenvalue weighted by Gasteiger charge is -2.34. The Morgan fingerprint density at radius 2 is 1.89 bits per heavy atom. The zero-order chi connectivity index (χ0) is 19.2. The predicted molar refractivity (Wildman–Crippen MR) is 112 cm³/mol. The highest BCUT2D eigenvalue weighted by Crippen LogP contribution is 2.27. The second-order valence-electron chi connectivity index (χ2n) is 7.09. The monoisotopic (exact) mass is 367 g/mol. The van der Waals surface area contributed by atoms with Crippen molar-refractivity contribution in [1.29, 1.82) is 0 Å². The van der Waals surface area contributed by atoms with Crippen LogP contribution in [0.4, 0.5) is 11.4 Å². The van der Waals surface area contributed by atoms with Gasteiger partial charge in [-0.1, -0.05) is 6.92 Å². The molecule has 1 aliphatic rings. The number of likely N-dealkylation sites (N-methyl/N-ethyl adjacent to an activating group) is 1. The molecular formula is C22H29N3O2. The highest BCUT2D eigenvalue weighted by molar-refractivity contribution is 5.86. The number of aliphatic imine (C=N–C) groups is 1. The summed E-state index contributed by atoms with van der Waals surface area (Å²) < 4.78 is 5.54. The number of benzene rings is 2. The minimum atomic E-state index is 0.180. The van der Waals surface area contributed by atoms with Gasteiger partial charge in [-0.15, -0.1) is 0 Å². The molecule has 0 saturated carbocycles. The summed E-state index contributed by atoms with van der Waals surface area (Å²) in [5.41, 5.74) is 3.98. The van der Waals surface area contributed by atoms with Crippen molar-refractivity contribution in [3.8, 4) is 11.5 Å². The van der Waals surface area contributed by atoms with Gasteiger partial charge in [0.05, 0.1) is 12.3 Å². The fourth-order valence-electron chi connectivity index (χ4n) is 3.13. The van der Waals surface area contributed by atoms with Gasteiger partial charge in [0.1, 0.15) is 11.5 Å². The number of phenolic OH excluding ortho intramolecular Hbond substituents is 1. The van der Waals surface area contributed by atoms with Gasteiger partial charge in [0.2, 0.25) is 0 Å². The SMILES string of the molecule is CCCOc1ccc(C=Nc2ccc(N3CCN(C)CC3)cc2C)c(O)c1. The molecule has 5 nitrogen and oxygen atoms in total. The van der Waals surface area contributed by atoms with Gasteiger partial charge in [0, 0.05) is 49.7 Å². The molecule has 0 atom stereocenters. The molecule has 2 aromatic rings. The molecule has 0 unspecified atom stereocenters. The van der Waals surface area contributed by atoms with Crippen molar-refractivity contribution < 1.29 is 9.84 Å². The second-order valence-corrected chi connectivity index (χ2v) is 7.09. The summed E-state index contributed by atoms with van der Waals surface area (Å²) >= 11 is 0. The molecule has 0 radical (unpaired) electrons. The van der Waals surface area contributed by atoms with E-state index in [0.717, 1.165) is 43.9 Å². The summed E-state index contributed by atoms with van der Waals surface area (Å²) in [6, 6.07) is 11.7. The van der Waals surface area contributed by atoms with Crippen LogP contribution in [0.3, 0.4) is 0 Å². The number of ether oxygens (including phenoxy) is 1. The zero-order valence-electron chi connectivity index (χ0n) is 16.5. The molecule has 27 heavy (non-hydrogen) atoms. The lowest BCUT2D eigenvalue weighted by molar-refractivity contribution is 0.313. The van der Waals surface area contributed by atoms with Gasteiger partial charge < -0.3 is 19.6 Å². The van der Waals surface area contributed by atoms with Crippen LogP contribution in [0.25, 0.3) is 0 Å². The van der Waals surface area contributed by atoms with Gasteiger partial charge in [0.15, 0.2) is 0 Å². The maximum atomic E-state index is 10.2. The number of anilines is 1. The smallest absolute Gasteiger partial charge is 0.128 e. The Labute approximate surface area is 161 Å². The summed E-state index contributed by atoms with van der Waals surface area (Å²) in [4.78, 5) is 9.35. The van der Waals surface area contributed by atoms with E-state index in [1.54, 1.807) is 12.3 Å². The molecule has 2 aromatic carbocycles.